The summed E-state index contributed by atoms with van der Waals surface area (Å²) in [5.41, 5.74) is 0.891. The number of hydrogen-bond donors (Lipinski definition) is 0. The molecule has 1 heterocycles. The first kappa shape index (κ1) is 19.4. The fourth-order valence-corrected chi connectivity index (χ4v) is 3.18. The van der Waals surface area contributed by atoms with E-state index in [1.54, 1.807) is 18.2 Å². The molecule has 0 fully saturated rings. The van der Waals surface area contributed by atoms with E-state index in [1.165, 1.54) is 11.8 Å². The van der Waals surface area contributed by atoms with Gasteiger partial charge in [0, 0.05) is 31.5 Å². The van der Waals surface area contributed by atoms with Gasteiger partial charge in [-0.15, -0.1) is 0 Å². The molecule has 0 radical (unpaired) electrons. The number of nitrogens with zero attached hydrogens (tertiary/aromatic N) is 5. The van der Waals surface area contributed by atoms with Crippen LogP contribution in [0.5, 0.6) is 5.75 Å². The van der Waals surface area contributed by atoms with Crippen LogP contribution in [0.25, 0.3) is 5.69 Å². The van der Waals surface area contributed by atoms with Crippen LogP contribution >= 0.6 is 11.8 Å². The number of benzene rings is 1. The second-order valence-corrected chi connectivity index (χ2v) is 6.21. The van der Waals surface area contributed by atoms with Crippen LogP contribution in [0, 0.1) is 22.7 Å². The molecule has 0 spiro atoms. The summed E-state index contributed by atoms with van der Waals surface area (Å²) < 4.78 is 7.13. The molecule has 0 aliphatic rings. The number of rotatable bonds is 9. The van der Waals surface area contributed by atoms with Crippen molar-refractivity contribution >= 4 is 17.7 Å². The smallest absolute Gasteiger partial charge is 0.233 e. The van der Waals surface area contributed by atoms with Crippen molar-refractivity contribution in [2.24, 2.45) is 0 Å². The first-order chi connectivity index (χ1) is 12.7. The van der Waals surface area contributed by atoms with Gasteiger partial charge in [-0.05, 0) is 12.1 Å². The van der Waals surface area contributed by atoms with Gasteiger partial charge in [-0.25, -0.2) is 4.98 Å². The van der Waals surface area contributed by atoms with Crippen molar-refractivity contribution in [1.82, 2.24) is 14.5 Å². The first-order valence-electron chi connectivity index (χ1n) is 8.02. The van der Waals surface area contributed by atoms with Crippen LogP contribution < -0.4 is 4.74 Å². The number of amides is 1. The highest BCUT2D eigenvalue weighted by Gasteiger charge is 2.15. The van der Waals surface area contributed by atoms with E-state index in [2.05, 4.69) is 4.98 Å². The average molecular weight is 369 g/mol. The van der Waals surface area contributed by atoms with E-state index in [1.807, 2.05) is 47.2 Å². The Bertz CT molecular complexity index is 803. The van der Waals surface area contributed by atoms with Crippen molar-refractivity contribution in [1.29, 1.82) is 10.5 Å². The van der Waals surface area contributed by atoms with Crippen LogP contribution in [0.15, 0.2) is 41.8 Å². The Balaban J connectivity index is 2.05. The number of nitriles is 2. The van der Waals surface area contributed by atoms with Crippen molar-refractivity contribution in [3.05, 3.63) is 36.7 Å². The predicted molar refractivity (Wildman–Crippen MR) is 97.9 cm³/mol. The molecule has 0 saturated carbocycles. The van der Waals surface area contributed by atoms with Crippen LogP contribution in [0.2, 0.25) is 0 Å². The minimum absolute atomic E-state index is 0.110. The average Bonchev–Trinajstić information content (AvgIpc) is 3.15. The van der Waals surface area contributed by atoms with Crippen molar-refractivity contribution in [2.45, 2.75) is 18.0 Å². The van der Waals surface area contributed by atoms with Crippen LogP contribution in [-0.4, -0.2) is 46.3 Å². The minimum atomic E-state index is -0.110. The molecule has 1 aromatic heterocycles. The molecule has 2 rings (SSSR count). The van der Waals surface area contributed by atoms with Gasteiger partial charge < -0.3 is 9.64 Å². The third kappa shape index (κ3) is 5.27. The molecule has 0 aliphatic heterocycles. The highest BCUT2D eigenvalue weighted by Crippen LogP contribution is 2.23. The molecule has 2 aromatic rings. The van der Waals surface area contributed by atoms with Gasteiger partial charge in [0.15, 0.2) is 5.16 Å². The molecule has 0 atom stereocenters. The summed E-state index contributed by atoms with van der Waals surface area (Å²) in [4.78, 5) is 18.3. The standard InChI is InChI=1S/C18H19N5O2S/c1-25-16-6-2-5-15(13-16)23-12-9-21-18(23)26-14-17(24)22(10-3-7-19)11-4-8-20/h2,5-6,9,12-13H,3-4,10-11,14H2,1H3. The molecule has 8 heteroatoms. The number of carbonyl (C=O) groups excluding carboxylic acids is 1. The Morgan fingerprint density at radius 2 is 2.04 bits per heavy atom. The zero-order valence-electron chi connectivity index (χ0n) is 14.5. The molecule has 26 heavy (non-hydrogen) atoms. The van der Waals surface area contributed by atoms with E-state index >= 15 is 0 Å². The number of thioether (sulfide) groups is 1. The van der Waals surface area contributed by atoms with Crippen molar-refractivity contribution in [3.63, 3.8) is 0 Å². The normalized spacial score (nSPS) is 9.96. The van der Waals surface area contributed by atoms with E-state index in [-0.39, 0.29) is 24.5 Å². The predicted octanol–water partition coefficient (Wildman–Crippen LogP) is 2.63. The largest absolute Gasteiger partial charge is 0.497 e. The number of methoxy groups -OCH3 is 1. The molecular weight excluding hydrogens is 350 g/mol. The molecule has 0 aliphatic carbocycles. The van der Waals surface area contributed by atoms with E-state index in [0.29, 0.717) is 18.2 Å². The molecule has 134 valence electrons. The third-order valence-corrected chi connectivity index (χ3v) is 4.55. The van der Waals surface area contributed by atoms with Gasteiger partial charge in [-0.1, -0.05) is 17.8 Å². The van der Waals surface area contributed by atoms with E-state index in [0.717, 1.165) is 11.4 Å². The lowest BCUT2D eigenvalue weighted by Crippen LogP contribution is -2.34. The summed E-state index contributed by atoms with van der Waals surface area (Å²) in [6.07, 6.45) is 4.00. The van der Waals surface area contributed by atoms with E-state index in [4.69, 9.17) is 15.3 Å². The monoisotopic (exact) mass is 369 g/mol. The summed E-state index contributed by atoms with van der Waals surface area (Å²) >= 11 is 1.32. The zero-order valence-corrected chi connectivity index (χ0v) is 15.3. The highest BCUT2D eigenvalue weighted by molar-refractivity contribution is 7.99. The Morgan fingerprint density at radius 1 is 1.31 bits per heavy atom. The highest BCUT2D eigenvalue weighted by atomic mass is 32.2. The van der Waals surface area contributed by atoms with Gasteiger partial charge in [0.05, 0.1) is 43.5 Å². The Morgan fingerprint density at radius 3 is 2.69 bits per heavy atom. The number of carbonyl (C=O) groups is 1. The van der Waals surface area contributed by atoms with Gasteiger partial charge in [-0.2, -0.15) is 10.5 Å². The first-order valence-corrected chi connectivity index (χ1v) is 9.00. The number of aromatic nitrogens is 2. The molecule has 7 nitrogen and oxygen atoms in total. The quantitative estimate of drug-likeness (QED) is 0.631. The lowest BCUT2D eigenvalue weighted by atomic mass is 10.3. The van der Waals surface area contributed by atoms with Crippen LogP contribution in [0.3, 0.4) is 0 Å². The van der Waals surface area contributed by atoms with Gasteiger partial charge in [0.25, 0.3) is 0 Å². The van der Waals surface area contributed by atoms with Crippen LogP contribution in [-0.2, 0) is 4.79 Å². The summed E-state index contributed by atoms with van der Waals surface area (Å²) in [6.45, 7) is 0.670. The summed E-state index contributed by atoms with van der Waals surface area (Å²) in [6, 6.07) is 11.6. The lowest BCUT2D eigenvalue weighted by molar-refractivity contribution is -0.128. The molecule has 1 aromatic carbocycles. The molecule has 1 amide bonds. The second-order valence-electron chi connectivity index (χ2n) is 5.27. The van der Waals surface area contributed by atoms with Crippen molar-refractivity contribution < 1.29 is 9.53 Å². The summed E-state index contributed by atoms with van der Waals surface area (Å²) in [5.74, 6) is 0.820. The van der Waals surface area contributed by atoms with Gasteiger partial charge in [-0.3, -0.25) is 9.36 Å². The maximum atomic E-state index is 12.4. The van der Waals surface area contributed by atoms with E-state index < -0.39 is 0 Å². The number of ether oxygens (including phenoxy) is 1. The number of imidazole rings is 1. The van der Waals surface area contributed by atoms with Crippen molar-refractivity contribution in [3.8, 4) is 23.6 Å². The molecule has 0 saturated heterocycles. The summed E-state index contributed by atoms with van der Waals surface area (Å²) in [5, 5.41) is 18.1. The van der Waals surface area contributed by atoms with Crippen LogP contribution in [0.1, 0.15) is 12.8 Å². The maximum Gasteiger partial charge on any atom is 0.233 e. The molecule has 0 unspecified atom stereocenters. The Kier molecular flexibility index (Phi) is 7.53. The third-order valence-electron chi connectivity index (χ3n) is 3.60. The molecule has 0 N–H and O–H groups in total. The fraction of sp³-hybridized carbons (Fsp3) is 0.333. The molecular formula is C18H19N5O2S. The summed E-state index contributed by atoms with van der Waals surface area (Å²) in [7, 11) is 1.61. The van der Waals surface area contributed by atoms with Gasteiger partial charge in [0.1, 0.15) is 5.75 Å². The zero-order chi connectivity index (χ0) is 18.8. The number of hydrogen-bond acceptors (Lipinski definition) is 6. The Labute approximate surface area is 156 Å². The Hall–Kier alpha value is -2.97. The van der Waals surface area contributed by atoms with Crippen LogP contribution in [0.4, 0.5) is 0 Å². The van der Waals surface area contributed by atoms with Gasteiger partial charge >= 0.3 is 0 Å². The van der Waals surface area contributed by atoms with Gasteiger partial charge in [0.2, 0.25) is 5.91 Å². The second kappa shape index (κ2) is 10.1. The molecule has 0 bridgehead atoms. The van der Waals surface area contributed by atoms with E-state index in [9.17, 15) is 4.79 Å². The minimum Gasteiger partial charge on any atom is -0.497 e. The fourth-order valence-electron chi connectivity index (χ4n) is 2.30. The lowest BCUT2D eigenvalue weighted by Gasteiger charge is -2.20. The maximum absolute atomic E-state index is 12.4. The van der Waals surface area contributed by atoms with Crippen molar-refractivity contribution in [2.75, 3.05) is 26.0 Å². The SMILES string of the molecule is COc1cccc(-n2ccnc2SCC(=O)N(CCC#N)CCC#N)c1. The topological polar surface area (TPSA) is 94.9 Å².